The van der Waals surface area contributed by atoms with Crippen molar-refractivity contribution in [3.05, 3.63) is 33.8 Å². The van der Waals surface area contributed by atoms with Crippen LogP contribution in [0.1, 0.15) is 19.4 Å². The van der Waals surface area contributed by atoms with Crippen LogP contribution in [-0.2, 0) is 6.42 Å². The van der Waals surface area contributed by atoms with E-state index in [0.717, 1.165) is 5.56 Å². The second kappa shape index (κ2) is 5.01. The zero-order valence-corrected chi connectivity index (χ0v) is 9.81. The van der Waals surface area contributed by atoms with Gasteiger partial charge in [-0.15, -0.1) is 0 Å². The summed E-state index contributed by atoms with van der Waals surface area (Å²) >= 11 is 12.0. The highest BCUT2D eigenvalue weighted by Gasteiger charge is 2.14. The average molecular weight is 233 g/mol. The average Bonchev–Trinajstić information content (AvgIpc) is 2.11. The Morgan fingerprint density at radius 3 is 2.14 bits per heavy atom. The van der Waals surface area contributed by atoms with Gasteiger partial charge >= 0.3 is 0 Å². The Morgan fingerprint density at radius 1 is 1.21 bits per heavy atom. The van der Waals surface area contributed by atoms with Gasteiger partial charge in [0.2, 0.25) is 0 Å². The molecule has 0 spiro atoms. The summed E-state index contributed by atoms with van der Waals surface area (Å²) in [7, 11) is 0. The molecule has 0 bridgehead atoms. The molecule has 1 unspecified atom stereocenters. The smallest absolute Gasteiger partial charge is 0.0604 e. The molecular weight excluding hydrogens is 219 g/mol. The topological polar surface area (TPSA) is 20.2 Å². The highest BCUT2D eigenvalue weighted by Crippen LogP contribution is 2.26. The number of aliphatic hydroxyl groups is 1. The van der Waals surface area contributed by atoms with Crippen molar-refractivity contribution < 1.29 is 5.11 Å². The van der Waals surface area contributed by atoms with Gasteiger partial charge in [-0.2, -0.15) is 0 Å². The van der Waals surface area contributed by atoms with Gasteiger partial charge in [0.15, 0.2) is 0 Å². The van der Waals surface area contributed by atoms with Crippen LogP contribution in [0.5, 0.6) is 0 Å². The van der Waals surface area contributed by atoms with E-state index in [0.29, 0.717) is 16.5 Å². The Bertz CT molecular complexity index is 290. The van der Waals surface area contributed by atoms with Gasteiger partial charge in [0.1, 0.15) is 0 Å². The van der Waals surface area contributed by atoms with Crippen LogP contribution in [0.3, 0.4) is 0 Å². The van der Waals surface area contributed by atoms with Crippen LogP contribution in [0.15, 0.2) is 18.2 Å². The summed E-state index contributed by atoms with van der Waals surface area (Å²) in [4.78, 5) is 0. The highest BCUT2D eigenvalue weighted by molar-refractivity contribution is 6.35. The van der Waals surface area contributed by atoms with E-state index in [1.165, 1.54) is 0 Å². The maximum Gasteiger partial charge on any atom is 0.0604 e. The minimum absolute atomic E-state index is 0.210. The van der Waals surface area contributed by atoms with E-state index in [-0.39, 0.29) is 5.92 Å². The number of hydrogen-bond donors (Lipinski definition) is 1. The second-order valence-electron chi connectivity index (χ2n) is 3.72. The molecule has 0 aliphatic heterocycles. The third-order valence-electron chi connectivity index (χ3n) is 2.24. The van der Waals surface area contributed by atoms with E-state index in [4.69, 9.17) is 23.2 Å². The Kier molecular flexibility index (Phi) is 4.24. The molecule has 1 N–H and O–H groups in total. The summed E-state index contributed by atoms with van der Waals surface area (Å²) in [5.74, 6) is 0.210. The Morgan fingerprint density at radius 2 is 1.71 bits per heavy atom. The predicted molar refractivity (Wildman–Crippen MR) is 61.0 cm³/mol. The van der Waals surface area contributed by atoms with E-state index in [2.05, 4.69) is 0 Å². The van der Waals surface area contributed by atoms with Crippen LogP contribution < -0.4 is 0 Å². The molecule has 0 aliphatic carbocycles. The molecule has 0 aromatic heterocycles. The van der Waals surface area contributed by atoms with Gasteiger partial charge in [-0.25, -0.2) is 0 Å². The van der Waals surface area contributed by atoms with Crippen molar-refractivity contribution in [3.63, 3.8) is 0 Å². The lowest BCUT2D eigenvalue weighted by Crippen LogP contribution is -2.18. The van der Waals surface area contributed by atoms with Crippen LogP contribution in [0, 0.1) is 5.92 Å². The predicted octanol–water partition coefficient (Wildman–Crippen LogP) is 3.55. The van der Waals surface area contributed by atoms with Gasteiger partial charge in [-0.05, 0) is 23.6 Å². The Hall–Kier alpha value is -0.240. The highest BCUT2D eigenvalue weighted by atomic mass is 35.5. The van der Waals surface area contributed by atoms with Crippen molar-refractivity contribution in [1.29, 1.82) is 0 Å². The molecule has 14 heavy (non-hydrogen) atoms. The molecule has 1 rings (SSSR count). The number of halogens is 2. The molecular formula is C11H14Cl2O. The summed E-state index contributed by atoms with van der Waals surface area (Å²) in [5, 5.41) is 11.0. The minimum atomic E-state index is -0.396. The molecule has 0 saturated carbocycles. The summed E-state index contributed by atoms with van der Waals surface area (Å²) in [5.41, 5.74) is 0.831. The fraction of sp³-hybridized carbons (Fsp3) is 0.455. The summed E-state index contributed by atoms with van der Waals surface area (Å²) in [6.07, 6.45) is 0.114. The standard InChI is InChI=1S/C11H14Cl2O/c1-7(2)11(14)6-8-9(12)4-3-5-10(8)13/h3-5,7,11,14H,6H2,1-2H3. The lowest BCUT2D eigenvalue weighted by molar-refractivity contribution is 0.126. The quantitative estimate of drug-likeness (QED) is 0.846. The Labute approximate surface area is 94.7 Å². The van der Waals surface area contributed by atoms with Gasteiger partial charge in [-0.1, -0.05) is 43.1 Å². The van der Waals surface area contributed by atoms with Gasteiger partial charge in [-0.3, -0.25) is 0 Å². The minimum Gasteiger partial charge on any atom is -0.393 e. The normalized spacial score (nSPS) is 13.3. The fourth-order valence-electron chi connectivity index (χ4n) is 1.17. The van der Waals surface area contributed by atoms with E-state index < -0.39 is 6.10 Å². The zero-order chi connectivity index (χ0) is 10.7. The second-order valence-corrected chi connectivity index (χ2v) is 4.53. The SMILES string of the molecule is CC(C)C(O)Cc1c(Cl)cccc1Cl. The van der Waals surface area contributed by atoms with Crippen LogP contribution in [-0.4, -0.2) is 11.2 Å². The number of aliphatic hydroxyl groups excluding tert-OH is 1. The largest absolute Gasteiger partial charge is 0.393 e. The van der Waals surface area contributed by atoms with Crippen LogP contribution in [0.4, 0.5) is 0 Å². The molecule has 0 amide bonds. The van der Waals surface area contributed by atoms with E-state index in [1.54, 1.807) is 18.2 Å². The van der Waals surface area contributed by atoms with E-state index in [9.17, 15) is 5.11 Å². The maximum absolute atomic E-state index is 9.71. The lowest BCUT2D eigenvalue weighted by atomic mass is 9.99. The van der Waals surface area contributed by atoms with Crippen molar-refractivity contribution >= 4 is 23.2 Å². The first kappa shape index (κ1) is 11.8. The monoisotopic (exact) mass is 232 g/mol. The van der Waals surface area contributed by atoms with Crippen molar-refractivity contribution in [1.82, 2.24) is 0 Å². The molecule has 1 atom stereocenters. The van der Waals surface area contributed by atoms with Crippen molar-refractivity contribution in [2.24, 2.45) is 5.92 Å². The van der Waals surface area contributed by atoms with Gasteiger partial charge < -0.3 is 5.11 Å². The first-order valence-electron chi connectivity index (χ1n) is 4.63. The molecule has 1 nitrogen and oxygen atoms in total. The van der Waals surface area contributed by atoms with Gasteiger partial charge in [0.05, 0.1) is 6.10 Å². The first-order chi connectivity index (χ1) is 6.52. The summed E-state index contributed by atoms with van der Waals surface area (Å²) in [6, 6.07) is 5.38. The lowest BCUT2D eigenvalue weighted by Gasteiger charge is -2.15. The fourth-order valence-corrected chi connectivity index (χ4v) is 1.72. The number of rotatable bonds is 3. The number of hydrogen-bond acceptors (Lipinski definition) is 1. The third-order valence-corrected chi connectivity index (χ3v) is 2.95. The van der Waals surface area contributed by atoms with Gasteiger partial charge in [0, 0.05) is 16.5 Å². The molecule has 0 heterocycles. The van der Waals surface area contributed by atoms with Crippen molar-refractivity contribution in [2.75, 3.05) is 0 Å². The Balaban J connectivity index is 2.85. The van der Waals surface area contributed by atoms with Crippen molar-refractivity contribution in [3.8, 4) is 0 Å². The van der Waals surface area contributed by atoms with Crippen LogP contribution >= 0.6 is 23.2 Å². The molecule has 3 heteroatoms. The van der Waals surface area contributed by atoms with Crippen molar-refractivity contribution in [2.45, 2.75) is 26.4 Å². The molecule has 1 aromatic carbocycles. The molecule has 1 aromatic rings. The van der Waals surface area contributed by atoms with E-state index in [1.807, 2.05) is 13.8 Å². The molecule has 0 fully saturated rings. The summed E-state index contributed by atoms with van der Waals surface area (Å²) < 4.78 is 0. The molecule has 0 saturated heterocycles. The van der Waals surface area contributed by atoms with E-state index >= 15 is 0 Å². The summed E-state index contributed by atoms with van der Waals surface area (Å²) in [6.45, 7) is 3.94. The molecule has 0 aliphatic rings. The number of benzene rings is 1. The third kappa shape index (κ3) is 2.88. The first-order valence-corrected chi connectivity index (χ1v) is 5.39. The zero-order valence-electron chi connectivity index (χ0n) is 8.30. The molecule has 78 valence electrons. The maximum atomic E-state index is 9.71. The van der Waals surface area contributed by atoms with Crippen LogP contribution in [0.25, 0.3) is 0 Å². The van der Waals surface area contributed by atoms with Crippen LogP contribution in [0.2, 0.25) is 10.0 Å². The molecule has 0 radical (unpaired) electrons. The van der Waals surface area contributed by atoms with Gasteiger partial charge in [0.25, 0.3) is 0 Å².